The molecular weight excluding hydrogens is 314 g/mol. The molecule has 0 N–H and O–H groups in total. The molecular formula is C13H10F2N4O2S. The lowest BCUT2D eigenvalue weighted by Crippen LogP contribution is -2.27. The van der Waals surface area contributed by atoms with E-state index < -0.39 is 22.8 Å². The summed E-state index contributed by atoms with van der Waals surface area (Å²) >= 11 is -1.37. The lowest BCUT2D eigenvalue weighted by Gasteiger charge is -2.23. The fraction of sp³-hybridized carbons (Fsp3) is 0.154. The van der Waals surface area contributed by atoms with Gasteiger partial charge in [0.15, 0.2) is 5.75 Å². The van der Waals surface area contributed by atoms with Gasteiger partial charge in [0.25, 0.3) is 0 Å². The monoisotopic (exact) mass is 324 g/mol. The minimum absolute atomic E-state index is 0.116. The van der Waals surface area contributed by atoms with Gasteiger partial charge >= 0.3 is 5.16 Å². The molecule has 3 rings (SSSR count). The van der Waals surface area contributed by atoms with Crippen LogP contribution in [-0.2, 0) is 11.2 Å². The lowest BCUT2D eigenvalue weighted by molar-refractivity contribution is 0.501. The van der Waals surface area contributed by atoms with Crippen molar-refractivity contribution in [1.29, 1.82) is 0 Å². The van der Waals surface area contributed by atoms with Crippen molar-refractivity contribution in [3.05, 3.63) is 41.6 Å². The fourth-order valence-corrected chi connectivity index (χ4v) is 2.32. The number of benzene rings is 1. The molecule has 0 radical (unpaired) electrons. The van der Waals surface area contributed by atoms with Gasteiger partial charge in [0, 0.05) is 18.2 Å². The van der Waals surface area contributed by atoms with Gasteiger partial charge in [-0.25, -0.2) is 13.8 Å². The van der Waals surface area contributed by atoms with Crippen LogP contribution in [0.2, 0.25) is 0 Å². The minimum atomic E-state index is -1.37. The summed E-state index contributed by atoms with van der Waals surface area (Å²) in [7, 11) is 1.54. The maximum absolute atomic E-state index is 13.8. The quantitative estimate of drug-likeness (QED) is 0.621. The van der Waals surface area contributed by atoms with E-state index >= 15 is 0 Å². The lowest BCUT2D eigenvalue weighted by atomic mass is 10.2. The van der Waals surface area contributed by atoms with Gasteiger partial charge in [-0.2, -0.15) is 9.97 Å². The van der Waals surface area contributed by atoms with E-state index in [2.05, 4.69) is 15.1 Å². The summed E-state index contributed by atoms with van der Waals surface area (Å²) in [4.78, 5) is 7.96. The number of halogens is 2. The number of hydrogen-bond acceptors (Lipinski definition) is 6. The van der Waals surface area contributed by atoms with Gasteiger partial charge < -0.3 is 9.29 Å². The molecule has 2 heterocycles. The Morgan fingerprint density at radius 3 is 2.59 bits per heavy atom. The van der Waals surface area contributed by atoms with Crippen molar-refractivity contribution in [2.45, 2.75) is 5.16 Å². The normalized spacial score (nSPS) is 15.0. The van der Waals surface area contributed by atoms with Crippen molar-refractivity contribution in [2.75, 3.05) is 18.3 Å². The van der Waals surface area contributed by atoms with Crippen molar-refractivity contribution in [3.63, 3.8) is 0 Å². The highest BCUT2D eigenvalue weighted by Crippen LogP contribution is 2.31. The van der Waals surface area contributed by atoms with Crippen molar-refractivity contribution < 1.29 is 18.1 Å². The Balaban J connectivity index is 2.04. The van der Waals surface area contributed by atoms with E-state index in [0.717, 1.165) is 12.1 Å². The number of hydrazone groups is 1. The third kappa shape index (κ3) is 2.48. The molecule has 1 aliphatic heterocycles. The predicted molar refractivity (Wildman–Crippen MR) is 76.3 cm³/mol. The summed E-state index contributed by atoms with van der Waals surface area (Å²) in [6.45, 7) is 0. The predicted octanol–water partition coefficient (Wildman–Crippen LogP) is 1.68. The SMILES string of the molecule is CN1N=C(c2c(F)cccc2F)Oc2cnc([S+](C)[O-])nc21. The van der Waals surface area contributed by atoms with Crippen molar-refractivity contribution in [3.8, 4) is 5.75 Å². The highest BCUT2D eigenvalue weighted by atomic mass is 32.2. The zero-order chi connectivity index (χ0) is 15.9. The van der Waals surface area contributed by atoms with Crippen LogP contribution in [0.1, 0.15) is 5.56 Å². The zero-order valence-electron chi connectivity index (χ0n) is 11.6. The largest absolute Gasteiger partial charge is 0.609 e. The molecule has 1 atom stereocenters. The highest BCUT2D eigenvalue weighted by Gasteiger charge is 2.27. The number of fused-ring (bicyclic) bond motifs is 1. The Kier molecular flexibility index (Phi) is 3.67. The fourth-order valence-electron chi connectivity index (χ4n) is 1.90. The summed E-state index contributed by atoms with van der Waals surface area (Å²) in [6, 6.07) is 3.47. The Morgan fingerprint density at radius 1 is 1.27 bits per heavy atom. The highest BCUT2D eigenvalue weighted by molar-refractivity contribution is 7.90. The average molecular weight is 324 g/mol. The van der Waals surface area contributed by atoms with E-state index in [0.29, 0.717) is 0 Å². The Hall–Kier alpha value is -2.26. The molecule has 0 saturated heterocycles. The number of anilines is 1. The Morgan fingerprint density at radius 2 is 1.95 bits per heavy atom. The maximum atomic E-state index is 13.8. The van der Waals surface area contributed by atoms with Crippen LogP contribution >= 0.6 is 0 Å². The molecule has 0 amide bonds. The molecule has 114 valence electrons. The molecule has 1 aliphatic rings. The standard InChI is InChI=1S/C13H10F2N4O2S/c1-19-11-9(6-16-13(17-11)22(2)20)21-12(18-19)10-7(14)4-3-5-8(10)15/h3-6H,1-2H3. The van der Waals surface area contributed by atoms with Gasteiger partial charge in [0.2, 0.25) is 11.7 Å². The summed E-state index contributed by atoms with van der Waals surface area (Å²) in [5, 5.41) is 5.38. The van der Waals surface area contributed by atoms with Gasteiger partial charge in [0.05, 0.1) is 6.20 Å². The molecule has 1 aromatic carbocycles. The van der Waals surface area contributed by atoms with Gasteiger partial charge in [-0.15, -0.1) is 5.10 Å². The molecule has 6 nitrogen and oxygen atoms in total. The molecule has 0 aliphatic carbocycles. The van der Waals surface area contributed by atoms with Gasteiger partial charge in [0.1, 0.15) is 23.5 Å². The van der Waals surface area contributed by atoms with Crippen LogP contribution in [0.3, 0.4) is 0 Å². The number of aromatic nitrogens is 2. The van der Waals surface area contributed by atoms with Gasteiger partial charge in [-0.05, 0) is 12.1 Å². The Labute approximate surface area is 127 Å². The Bertz CT molecular complexity index is 749. The maximum Gasteiger partial charge on any atom is 0.344 e. The smallest absolute Gasteiger partial charge is 0.344 e. The third-order valence-electron chi connectivity index (χ3n) is 2.90. The second-order valence-corrected chi connectivity index (χ2v) is 5.70. The summed E-state index contributed by atoms with van der Waals surface area (Å²) in [5.41, 5.74) is -0.372. The number of nitrogens with zero attached hydrogens (tertiary/aromatic N) is 4. The van der Waals surface area contributed by atoms with Crippen LogP contribution in [0.15, 0.2) is 34.7 Å². The van der Waals surface area contributed by atoms with E-state index in [1.165, 1.54) is 30.6 Å². The van der Waals surface area contributed by atoms with Crippen molar-refractivity contribution in [2.24, 2.45) is 5.10 Å². The summed E-state index contributed by atoms with van der Waals surface area (Å²) in [6.07, 6.45) is 2.73. The molecule has 0 bridgehead atoms. The first-order valence-corrected chi connectivity index (χ1v) is 7.68. The second-order valence-electron chi connectivity index (χ2n) is 4.42. The zero-order valence-corrected chi connectivity index (χ0v) is 12.4. The molecule has 9 heteroatoms. The van der Waals surface area contributed by atoms with Gasteiger partial charge in [-0.3, -0.25) is 0 Å². The minimum Gasteiger partial charge on any atom is -0.609 e. The number of hydrogen-bond donors (Lipinski definition) is 0. The molecule has 1 aromatic heterocycles. The van der Waals surface area contributed by atoms with Crippen LogP contribution < -0.4 is 9.75 Å². The molecule has 0 fully saturated rings. The van der Waals surface area contributed by atoms with E-state index in [1.54, 1.807) is 0 Å². The van der Waals surface area contributed by atoms with Crippen LogP contribution in [-0.4, -0.2) is 33.7 Å². The second kappa shape index (κ2) is 5.50. The molecule has 22 heavy (non-hydrogen) atoms. The van der Waals surface area contributed by atoms with E-state index in [-0.39, 0.29) is 28.2 Å². The van der Waals surface area contributed by atoms with E-state index in [9.17, 15) is 13.3 Å². The van der Waals surface area contributed by atoms with Crippen LogP contribution in [0.5, 0.6) is 5.75 Å². The first-order chi connectivity index (χ1) is 10.5. The van der Waals surface area contributed by atoms with Crippen molar-refractivity contribution in [1.82, 2.24) is 9.97 Å². The summed E-state index contributed by atoms with van der Waals surface area (Å²) in [5.74, 6) is -1.38. The molecule has 0 spiro atoms. The molecule has 1 unspecified atom stereocenters. The van der Waals surface area contributed by atoms with Gasteiger partial charge in [-0.1, -0.05) is 6.07 Å². The number of ether oxygens (including phenoxy) is 1. The molecule has 0 saturated carbocycles. The first-order valence-electron chi connectivity index (χ1n) is 6.12. The van der Waals surface area contributed by atoms with Crippen molar-refractivity contribution >= 4 is 22.9 Å². The third-order valence-corrected chi connectivity index (χ3v) is 3.61. The number of rotatable bonds is 2. The van der Waals surface area contributed by atoms with Crippen LogP contribution in [0.25, 0.3) is 0 Å². The molecule has 2 aromatic rings. The van der Waals surface area contributed by atoms with Crippen LogP contribution in [0, 0.1) is 11.6 Å². The topological polar surface area (TPSA) is 73.7 Å². The average Bonchev–Trinajstić information content (AvgIpc) is 2.46. The van der Waals surface area contributed by atoms with E-state index in [4.69, 9.17) is 4.74 Å². The first kappa shape index (κ1) is 14.7. The van der Waals surface area contributed by atoms with Crippen LogP contribution in [0.4, 0.5) is 14.6 Å². The van der Waals surface area contributed by atoms with E-state index in [1.807, 2.05) is 0 Å². The summed E-state index contributed by atoms with van der Waals surface area (Å²) < 4.78 is 44.4.